The maximum atomic E-state index is 3.72. The van der Waals surface area contributed by atoms with Gasteiger partial charge in [-0.2, -0.15) is 0 Å². The highest BCUT2D eigenvalue weighted by Crippen LogP contribution is 2.10. The molecule has 0 bridgehead atoms. The number of allylic oxidation sites excluding steroid dienone is 5. The Labute approximate surface area is 104 Å². The van der Waals surface area contributed by atoms with Gasteiger partial charge in [-0.05, 0) is 37.1 Å². The molecule has 0 saturated heterocycles. The van der Waals surface area contributed by atoms with Crippen molar-refractivity contribution in [2.75, 3.05) is 5.32 Å². The van der Waals surface area contributed by atoms with Crippen molar-refractivity contribution in [3.63, 3.8) is 0 Å². The van der Waals surface area contributed by atoms with E-state index in [2.05, 4.69) is 30.6 Å². The molecular weight excluding hydrogens is 206 g/mol. The average Bonchev–Trinajstić information content (AvgIpc) is 2.36. The number of nitrogens with one attached hydrogen (secondary N) is 1. The van der Waals surface area contributed by atoms with Crippen LogP contribution in [0.25, 0.3) is 0 Å². The van der Waals surface area contributed by atoms with Crippen molar-refractivity contribution in [1.82, 2.24) is 0 Å². The SMILES string of the molecule is C=C/C=C(\C=C\CCC=C)Nc1ccccc1. The molecule has 88 valence electrons. The minimum atomic E-state index is 1.00. The van der Waals surface area contributed by atoms with Gasteiger partial charge >= 0.3 is 0 Å². The van der Waals surface area contributed by atoms with E-state index in [0.717, 1.165) is 24.2 Å². The Balaban J connectivity index is 2.61. The van der Waals surface area contributed by atoms with Gasteiger partial charge in [0.25, 0.3) is 0 Å². The predicted molar refractivity (Wildman–Crippen MR) is 76.9 cm³/mol. The molecule has 1 heteroatoms. The second kappa shape index (κ2) is 8.17. The van der Waals surface area contributed by atoms with Crippen molar-refractivity contribution in [3.05, 3.63) is 79.6 Å². The highest BCUT2D eigenvalue weighted by molar-refractivity contribution is 5.51. The maximum absolute atomic E-state index is 3.72. The molecular formula is C16H19N. The van der Waals surface area contributed by atoms with E-state index in [1.165, 1.54) is 0 Å². The standard InChI is InChI=1S/C16H19N/c1-3-5-6-8-12-15(11-4-2)17-16-13-9-7-10-14-16/h3-4,7-14,17H,1-2,5-6H2/b12-8+,15-11+. The minimum absolute atomic E-state index is 1.00. The van der Waals surface area contributed by atoms with Crippen molar-refractivity contribution < 1.29 is 0 Å². The van der Waals surface area contributed by atoms with Crippen LogP contribution in [-0.2, 0) is 0 Å². The molecule has 0 aromatic heterocycles. The van der Waals surface area contributed by atoms with Crippen molar-refractivity contribution >= 4 is 5.69 Å². The molecule has 0 aliphatic heterocycles. The highest BCUT2D eigenvalue weighted by atomic mass is 14.9. The zero-order valence-electron chi connectivity index (χ0n) is 10.1. The van der Waals surface area contributed by atoms with Crippen molar-refractivity contribution in [1.29, 1.82) is 0 Å². The van der Waals surface area contributed by atoms with E-state index in [9.17, 15) is 0 Å². The molecule has 0 aliphatic rings. The topological polar surface area (TPSA) is 12.0 Å². The first kappa shape index (κ1) is 13.0. The van der Waals surface area contributed by atoms with Crippen LogP contribution in [0.1, 0.15) is 12.8 Å². The lowest BCUT2D eigenvalue weighted by molar-refractivity contribution is 1.05. The molecule has 0 spiro atoms. The Morgan fingerprint density at radius 3 is 2.53 bits per heavy atom. The van der Waals surface area contributed by atoms with Crippen LogP contribution < -0.4 is 5.32 Å². The first-order chi connectivity index (χ1) is 8.36. The zero-order chi connectivity index (χ0) is 12.3. The number of benzene rings is 1. The average molecular weight is 225 g/mol. The fourth-order valence-corrected chi connectivity index (χ4v) is 1.38. The summed E-state index contributed by atoms with van der Waals surface area (Å²) in [6.07, 6.45) is 11.9. The molecule has 17 heavy (non-hydrogen) atoms. The summed E-state index contributed by atoms with van der Waals surface area (Å²) < 4.78 is 0. The largest absolute Gasteiger partial charge is 0.356 e. The van der Waals surface area contributed by atoms with Crippen molar-refractivity contribution in [2.24, 2.45) is 0 Å². The Bertz CT molecular complexity index is 399. The fraction of sp³-hybridized carbons (Fsp3) is 0.125. The zero-order valence-corrected chi connectivity index (χ0v) is 10.1. The summed E-state index contributed by atoms with van der Waals surface area (Å²) in [6, 6.07) is 10.1. The van der Waals surface area contributed by atoms with E-state index in [0.29, 0.717) is 0 Å². The molecule has 0 unspecified atom stereocenters. The summed E-state index contributed by atoms with van der Waals surface area (Å²) in [6.45, 7) is 7.42. The number of para-hydroxylation sites is 1. The molecule has 0 saturated carbocycles. The molecule has 1 N–H and O–H groups in total. The molecule has 0 heterocycles. The molecule has 1 nitrogen and oxygen atoms in total. The Kier molecular flexibility index (Phi) is 6.27. The second-order valence-corrected chi connectivity index (χ2v) is 3.62. The van der Waals surface area contributed by atoms with Crippen LogP contribution in [0.4, 0.5) is 5.69 Å². The van der Waals surface area contributed by atoms with Crippen LogP contribution in [0.3, 0.4) is 0 Å². The lowest BCUT2D eigenvalue weighted by atomic mass is 10.2. The summed E-state index contributed by atoms with van der Waals surface area (Å²) >= 11 is 0. The van der Waals surface area contributed by atoms with Gasteiger partial charge in [0.15, 0.2) is 0 Å². The highest BCUT2D eigenvalue weighted by Gasteiger charge is 1.91. The molecule has 0 radical (unpaired) electrons. The van der Waals surface area contributed by atoms with Crippen LogP contribution in [0, 0.1) is 0 Å². The third-order valence-electron chi connectivity index (χ3n) is 2.19. The molecule has 1 aromatic rings. The molecule has 1 aromatic carbocycles. The van der Waals surface area contributed by atoms with Gasteiger partial charge in [0, 0.05) is 11.4 Å². The lowest BCUT2D eigenvalue weighted by Gasteiger charge is -2.06. The van der Waals surface area contributed by atoms with E-state index >= 15 is 0 Å². The molecule has 0 atom stereocenters. The lowest BCUT2D eigenvalue weighted by Crippen LogP contribution is -1.95. The predicted octanol–water partition coefficient (Wildman–Crippen LogP) is 4.69. The number of hydrogen-bond donors (Lipinski definition) is 1. The fourth-order valence-electron chi connectivity index (χ4n) is 1.38. The smallest absolute Gasteiger partial charge is 0.0384 e. The normalized spacial score (nSPS) is 11.4. The van der Waals surface area contributed by atoms with E-state index < -0.39 is 0 Å². The van der Waals surface area contributed by atoms with Gasteiger partial charge in [-0.3, -0.25) is 0 Å². The Morgan fingerprint density at radius 1 is 1.12 bits per heavy atom. The van der Waals surface area contributed by atoms with Gasteiger partial charge in [0.05, 0.1) is 0 Å². The quantitative estimate of drug-likeness (QED) is 0.403. The van der Waals surface area contributed by atoms with Gasteiger partial charge < -0.3 is 5.32 Å². The second-order valence-electron chi connectivity index (χ2n) is 3.62. The van der Waals surface area contributed by atoms with Gasteiger partial charge in [-0.15, -0.1) is 6.58 Å². The molecule has 0 fully saturated rings. The summed E-state index contributed by atoms with van der Waals surface area (Å²) in [5.41, 5.74) is 2.12. The maximum Gasteiger partial charge on any atom is 0.0384 e. The van der Waals surface area contributed by atoms with Gasteiger partial charge in [-0.25, -0.2) is 0 Å². The van der Waals surface area contributed by atoms with Gasteiger partial charge in [0.2, 0.25) is 0 Å². The third kappa shape index (κ3) is 5.57. The monoisotopic (exact) mass is 225 g/mol. The molecule has 1 rings (SSSR count). The van der Waals surface area contributed by atoms with E-state index in [4.69, 9.17) is 0 Å². The number of rotatable bonds is 7. The number of anilines is 1. The Hall–Kier alpha value is -2.02. The van der Waals surface area contributed by atoms with E-state index in [1.54, 1.807) is 6.08 Å². The van der Waals surface area contributed by atoms with E-state index in [-0.39, 0.29) is 0 Å². The van der Waals surface area contributed by atoms with Crippen molar-refractivity contribution in [2.45, 2.75) is 12.8 Å². The first-order valence-electron chi connectivity index (χ1n) is 5.79. The first-order valence-corrected chi connectivity index (χ1v) is 5.79. The van der Waals surface area contributed by atoms with Crippen molar-refractivity contribution in [3.8, 4) is 0 Å². The van der Waals surface area contributed by atoms with E-state index in [1.807, 2.05) is 42.5 Å². The van der Waals surface area contributed by atoms with Crippen LogP contribution in [0.15, 0.2) is 79.6 Å². The summed E-state index contributed by atoms with van der Waals surface area (Å²) in [5, 5.41) is 3.33. The van der Waals surface area contributed by atoms with Crippen LogP contribution in [0.5, 0.6) is 0 Å². The molecule has 0 amide bonds. The summed E-state index contributed by atoms with van der Waals surface area (Å²) in [4.78, 5) is 0. The third-order valence-corrected chi connectivity index (χ3v) is 2.19. The minimum Gasteiger partial charge on any atom is -0.356 e. The van der Waals surface area contributed by atoms with Gasteiger partial charge in [0.1, 0.15) is 0 Å². The van der Waals surface area contributed by atoms with Crippen LogP contribution >= 0.6 is 0 Å². The summed E-state index contributed by atoms with van der Waals surface area (Å²) in [7, 11) is 0. The number of unbranched alkanes of at least 4 members (excludes halogenated alkanes) is 1. The molecule has 0 aliphatic carbocycles. The number of hydrogen-bond acceptors (Lipinski definition) is 1. The van der Waals surface area contributed by atoms with Crippen LogP contribution in [-0.4, -0.2) is 0 Å². The van der Waals surface area contributed by atoms with Gasteiger partial charge in [-0.1, -0.05) is 43.0 Å². The van der Waals surface area contributed by atoms with Crippen LogP contribution in [0.2, 0.25) is 0 Å². The Morgan fingerprint density at radius 2 is 1.88 bits per heavy atom. The summed E-state index contributed by atoms with van der Waals surface area (Å²) in [5.74, 6) is 0.